The van der Waals surface area contributed by atoms with Crippen LogP contribution in [0.1, 0.15) is 44.3 Å². The van der Waals surface area contributed by atoms with Crippen LogP contribution in [0.5, 0.6) is 0 Å². The first-order valence-corrected chi connectivity index (χ1v) is 7.91. The molecule has 0 saturated heterocycles. The van der Waals surface area contributed by atoms with E-state index in [1.165, 1.54) is 6.07 Å². The second kappa shape index (κ2) is 7.10. The van der Waals surface area contributed by atoms with Crippen LogP contribution in [-0.2, 0) is 11.8 Å². The van der Waals surface area contributed by atoms with Crippen molar-refractivity contribution in [2.24, 2.45) is 0 Å². The summed E-state index contributed by atoms with van der Waals surface area (Å²) < 4.78 is 18.9. The van der Waals surface area contributed by atoms with Crippen LogP contribution >= 0.6 is 0 Å². The Labute approximate surface area is 132 Å². The normalized spacial score (nSPS) is 13.3. The van der Waals surface area contributed by atoms with Gasteiger partial charge in [-0.05, 0) is 63.1 Å². The molecule has 0 radical (unpaired) electrons. The monoisotopic (exact) mass is 303 g/mol. The highest BCUT2D eigenvalue weighted by molar-refractivity contribution is 5.17. The minimum Gasteiger partial charge on any atom is -0.466 e. The maximum Gasteiger partial charge on any atom is 0.123 e. The van der Waals surface area contributed by atoms with Gasteiger partial charge in [0.2, 0.25) is 0 Å². The topological polar surface area (TPSA) is 25.2 Å². The van der Waals surface area contributed by atoms with Gasteiger partial charge in [-0.1, -0.05) is 26.0 Å². The summed E-state index contributed by atoms with van der Waals surface area (Å²) in [6, 6.07) is 11.2. The van der Waals surface area contributed by atoms with Crippen LogP contribution < -0.4 is 5.32 Å². The van der Waals surface area contributed by atoms with E-state index in [4.69, 9.17) is 4.42 Å². The summed E-state index contributed by atoms with van der Waals surface area (Å²) in [4.78, 5) is 0. The lowest BCUT2D eigenvalue weighted by Crippen LogP contribution is -2.34. The smallest absolute Gasteiger partial charge is 0.123 e. The molecule has 0 aliphatic rings. The van der Waals surface area contributed by atoms with Crippen molar-refractivity contribution in [2.75, 3.05) is 6.54 Å². The molecule has 0 bridgehead atoms. The van der Waals surface area contributed by atoms with Crippen molar-refractivity contribution in [2.45, 2.75) is 52.0 Å². The molecule has 0 spiro atoms. The standard InChI is InChI=1S/C19H26FNO/c1-14(13-19(3,4)18-9-8-15(2)22-18)21-11-10-16-6-5-7-17(20)12-16/h5-9,12,14,21H,10-11,13H2,1-4H3/t14-/m0/s1. The minimum absolute atomic E-state index is 0.000465. The largest absolute Gasteiger partial charge is 0.466 e. The number of hydrogen-bond acceptors (Lipinski definition) is 2. The lowest BCUT2D eigenvalue weighted by Gasteiger charge is -2.26. The molecule has 0 amide bonds. The van der Waals surface area contributed by atoms with Crippen LogP contribution in [0.15, 0.2) is 40.8 Å². The van der Waals surface area contributed by atoms with Gasteiger partial charge in [0.15, 0.2) is 0 Å². The number of hydrogen-bond donors (Lipinski definition) is 1. The molecule has 1 N–H and O–H groups in total. The molecule has 120 valence electrons. The molecule has 22 heavy (non-hydrogen) atoms. The summed E-state index contributed by atoms with van der Waals surface area (Å²) >= 11 is 0. The van der Waals surface area contributed by atoms with Crippen molar-refractivity contribution in [3.05, 3.63) is 59.3 Å². The lowest BCUT2D eigenvalue weighted by molar-refractivity contribution is 0.320. The summed E-state index contributed by atoms with van der Waals surface area (Å²) in [6.45, 7) is 9.41. The molecule has 2 aromatic rings. The fourth-order valence-electron chi connectivity index (χ4n) is 2.89. The van der Waals surface area contributed by atoms with Gasteiger partial charge >= 0.3 is 0 Å². The Morgan fingerprint density at radius 3 is 2.64 bits per heavy atom. The Balaban J connectivity index is 1.81. The van der Waals surface area contributed by atoms with Gasteiger partial charge in [-0.3, -0.25) is 0 Å². The molecule has 1 atom stereocenters. The van der Waals surface area contributed by atoms with Crippen LogP contribution in [0.3, 0.4) is 0 Å². The van der Waals surface area contributed by atoms with E-state index >= 15 is 0 Å². The van der Waals surface area contributed by atoms with Crippen molar-refractivity contribution in [1.29, 1.82) is 0 Å². The first-order chi connectivity index (χ1) is 10.4. The van der Waals surface area contributed by atoms with Crippen LogP contribution in [-0.4, -0.2) is 12.6 Å². The predicted octanol–water partition coefficient (Wildman–Crippen LogP) is 4.62. The highest BCUT2D eigenvalue weighted by atomic mass is 19.1. The first kappa shape index (κ1) is 16.8. The number of benzene rings is 1. The van der Waals surface area contributed by atoms with Gasteiger partial charge in [0.25, 0.3) is 0 Å². The molecule has 0 unspecified atom stereocenters. The fraction of sp³-hybridized carbons (Fsp3) is 0.474. The van der Waals surface area contributed by atoms with E-state index < -0.39 is 0 Å². The van der Waals surface area contributed by atoms with Crippen molar-refractivity contribution >= 4 is 0 Å². The van der Waals surface area contributed by atoms with Crippen LogP contribution in [0, 0.1) is 12.7 Å². The molecule has 0 aliphatic carbocycles. The van der Waals surface area contributed by atoms with Crippen molar-refractivity contribution in [3.8, 4) is 0 Å². The minimum atomic E-state index is -0.167. The number of furan rings is 1. The zero-order chi connectivity index (χ0) is 16.2. The number of halogens is 1. The Morgan fingerprint density at radius 2 is 2.00 bits per heavy atom. The van der Waals surface area contributed by atoms with E-state index in [0.29, 0.717) is 6.04 Å². The van der Waals surface area contributed by atoms with E-state index in [-0.39, 0.29) is 11.2 Å². The molecular weight excluding hydrogens is 277 g/mol. The van der Waals surface area contributed by atoms with Gasteiger partial charge < -0.3 is 9.73 Å². The quantitative estimate of drug-likeness (QED) is 0.807. The van der Waals surface area contributed by atoms with Gasteiger partial charge in [-0.2, -0.15) is 0 Å². The van der Waals surface area contributed by atoms with Crippen LogP contribution in [0.2, 0.25) is 0 Å². The van der Waals surface area contributed by atoms with E-state index in [1.54, 1.807) is 12.1 Å². The summed E-state index contributed by atoms with van der Waals surface area (Å²) in [5, 5.41) is 3.52. The summed E-state index contributed by atoms with van der Waals surface area (Å²) in [5.74, 6) is 1.82. The van der Waals surface area contributed by atoms with Crippen LogP contribution in [0.25, 0.3) is 0 Å². The molecule has 0 aliphatic heterocycles. The summed E-state index contributed by atoms with van der Waals surface area (Å²) in [7, 11) is 0. The zero-order valence-corrected chi connectivity index (χ0v) is 13.9. The van der Waals surface area contributed by atoms with E-state index in [0.717, 1.165) is 36.5 Å². The lowest BCUT2D eigenvalue weighted by atomic mass is 9.83. The molecule has 2 nitrogen and oxygen atoms in total. The van der Waals surface area contributed by atoms with Crippen molar-refractivity contribution in [1.82, 2.24) is 5.32 Å². The Kier molecular flexibility index (Phi) is 5.41. The van der Waals surface area contributed by atoms with Gasteiger partial charge in [0.05, 0.1) is 0 Å². The maximum atomic E-state index is 13.1. The van der Waals surface area contributed by atoms with E-state index in [9.17, 15) is 4.39 Å². The third kappa shape index (κ3) is 4.70. The highest BCUT2D eigenvalue weighted by Gasteiger charge is 2.26. The number of rotatable bonds is 7. The van der Waals surface area contributed by atoms with Gasteiger partial charge in [0.1, 0.15) is 17.3 Å². The maximum absolute atomic E-state index is 13.1. The third-order valence-corrected chi connectivity index (χ3v) is 4.02. The van der Waals surface area contributed by atoms with E-state index in [2.05, 4.69) is 32.2 Å². The first-order valence-electron chi connectivity index (χ1n) is 7.91. The number of aryl methyl sites for hydroxylation is 1. The molecule has 3 heteroatoms. The Bertz CT molecular complexity index is 603. The zero-order valence-electron chi connectivity index (χ0n) is 13.9. The summed E-state index contributed by atoms with van der Waals surface area (Å²) in [6.07, 6.45) is 1.82. The SMILES string of the molecule is Cc1ccc(C(C)(C)C[C@H](C)NCCc2cccc(F)c2)o1. The molecule has 1 aromatic heterocycles. The molecule has 1 heterocycles. The van der Waals surface area contributed by atoms with E-state index in [1.807, 2.05) is 19.1 Å². The third-order valence-electron chi connectivity index (χ3n) is 4.02. The van der Waals surface area contributed by atoms with Gasteiger partial charge in [0, 0.05) is 11.5 Å². The van der Waals surface area contributed by atoms with Crippen molar-refractivity contribution < 1.29 is 8.81 Å². The average molecular weight is 303 g/mol. The number of nitrogens with one attached hydrogen (secondary N) is 1. The van der Waals surface area contributed by atoms with Gasteiger partial charge in [-0.15, -0.1) is 0 Å². The molecule has 2 rings (SSSR count). The van der Waals surface area contributed by atoms with Gasteiger partial charge in [-0.25, -0.2) is 4.39 Å². The second-order valence-electron chi connectivity index (χ2n) is 6.73. The molecule has 0 fully saturated rings. The molecular formula is C19H26FNO. The Morgan fingerprint density at radius 1 is 1.23 bits per heavy atom. The van der Waals surface area contributed by atoms with Crippen molar-refractivity contribution in [3.63, 3.8) is 0 Å². The predicted molar refractivity (Wildman–Crippen MR) is 88.7 cm³/mol. The fourth-order valence-corrected chi connectivity index (χ4v) is 2.89. The average Bonchev–Trinajstić information content (AvgIpc) is 2.86. The summed E-state index contributed by atoms with van der Waals surface area (Å²) in [5.41, 5.74) is 1.03. The molecule has 1 aromatic carbocycles. The highest BCUT2D eigenvalue weighted by Crippen LogP contribution is 2.29. The Hall–Kier alpha value is -1.61. The van der Waals surface area contributed by atoms with Crippen LogP contribution in [0.4, 0.5) is 4.39 Å². The second-order valence-corrected chi connectivity index (χ2v) is 6.73. The molecule has 0 saturated carbocycles.